The van der Waals surface area contributed by atoms with E-state index in [1.165, 1.54) is 0 Å². The fourth-order valence-corrected chi connectivity index (χ4v) is 8.58. The molecule has 1 aromatic carbocycles. The molecule has 5 rings (SSSR count). The number of thioether (sulfide) groups is 1. The monoisotopic (exact) mass is 540 g/mol. The van der Waals surface area contributed by atoms with Crippen molar-refractivity contribution in [2.45, 2.75) is 54.6 Å². The first-order valence-corrected chi connectivity index (χ1v) is 14.3. The molecule has 9 heteroatoms. The Balaban J connectivity index is 1.60. The molecule has 5 atom stereocenters. The van der Waals surface area contributed by atoms with Gasteiger partial charge in [0, 0.05) is 30.1 Å². The van der Waals surface area contributed by atoms with Crippen LogP contribution in [-0.2, 0) is 19.1 Å². The van der Waals surface area contributed by atoms with Crippen LogP contribution in [-0.4, -0.2) is 76.7 Å². The summed E-state index contributed by atoms with van der Waals surface area (Å²) >= 11 is 1.55. The molecule has 1 N–H and O–H groups in total. The lowest BCUT2D eigenvalue weighted by atomic mass is 9.74. The number of benzene rings is 1. The average molecular weight is 541 g/mol. The smallest absolute Gasteiger partial charge is 0.311 e. The van der Waals surface area contributed by atoms with E-state index in [-0.39, 0.29) is 24.4 Å². The quantitative estimate of drug-likeness (QED) is 0.336. The number of ether oxygens (including phenoxy) is 2. The van der Waals surface area contributed by atoms with Gasteiger partial charge < -0.3 is 24.4 Å². The number of aliphatic hydroxyl groups excluding tert-OH is 1. The Bertz CT molecular complexity index is 1140. The Morgan fingerprint density at radius 1 is 1.05 bits per heavy atom. The maximum Gasteiger partial charge on any atom is 0.311 e. The standard InChI is InChI=1S/C29H36N2O6S/c1-28-14-5-3-4-8-19-37-27(35)23(28)22-25(33)31(16-6-7-18-32)24-26(34)30(17-9-15-29(22,24)38-28)20-10-12-21(36-2)13-11-20/h5,9-15,22-24,32H,3-4,6-8,16-19H2,1-2H3/b14-5-/t22-,23+,24?,28-,29-/m0/s1. The molecule has 38 heavy (non-hydrogen) atoms. The van der Waals surface area contributed by atoms with Crippen LogP contribution in [0, 0.1) is 11.8 Å². The third-order valence-corrected chi connectivity index (χ3v) is 9.99. The number of likely N-dealkylation sites (tertiary alicyclic amines) is 1. The van der Waals surface area contributed by atoms with Crippen LogP contribution in [0.2, 0.25) is 0 Å². The number of nitrogens with zero attached hydrogens (tertiary/aromatic N) is 2. The van der Waals surface area contributed by atoms with Crippen molar-refractivity contribution >= 4 is 35.2 Å². The number of aliphatic hydroxyl groups is 1. The predicted octanol–water partition coefficient (Wildman–Crippen LogP) is 3.34. The highest BCUT2D eigenvalue weighted by atomic mass is 32.2. The van der Waals surface area contributed by atoms with Crippen molar-refractivity contribution < 1.29 is 29.0 Å². The Kier molecular flexibility index (Phi) is 7.60. The molecule has 2 fully saturated rings. The van der Waals surface area contributed by atoms with Crippen molar-refractivity contribution in [3.05, 3.63) is 48.6 Å². The first-order chi connectivity index (χ1) is 18.4. The van der Waals surface area contributed by atoms with Gasteiger partial charge in [-0.1, -0.05) is 24.3 Å². The van der Waals surface area contributed by atoms with Crippen LogP contribution in [0.5, 0.6) is 5.75 Å². The van der Waals surface area contributed by atoms with Crippen LogP contribution in [0.1, 0.15) is 39.0 Å². The average Bonchev–Trinajstić information content (AvgIpc) is 3.23. The van der Waals surface area contributed by atoms with Crippen molar-refractivity contribution in [2.75, 3.05) is 38.3 Å². The zero-order chi connectivity index (χ0) is 26.9. The van der Waals surface area contributed by atoms with E-state index >= 15 is 0 Å². The molecule has 2 amide bonds. The normalized spacial score (nSPS) is 33.8. The highest BCUT2D eigenvalue weighted by molar-refractivity contribution is 8.02. The van der Waals surface area contributed by atoms with Crippen LogP contribution in [0.15, 0.2) is 48.6 Å². The molecule has 1 unspecified atom stereocenters. The summed E-state index contributed by atoms with van der Waals surface area (Å²) in [5, 5.41) is 9.39. The minimum absolute atomic E-state index is 0.0135. The fraction of sp³-hybridized carbons (Fsp3) is 0.552. The van der Waals surface area contributed by atoms with Crippen molar-refractivity contribution in [3.8, 4) is 5.75 Å². The summed E-state index contributed by atoms with van der Waals surface area (Å²) in [6, 6.07) is 6.54. The van der Waals surface area contributed by atoms with Crippen molar-refractivity contribution in [3.63, 3.8) is 0 Å². The van der Waals surface area contributed by atoms with Crippen LogP contribution in [0.3, 0.4) is 0 Å². The summed E-state index contributed by atoms with van der Waals surface area (Å²) in [5.74, 6) is -1.45. The summed E-state index contributed by atoms with van der Waals surface area (Å²) in [6.45, 7) is 3.05. The summed E-state index contributed by atoms with van der Waals surface area (Å²) in [7, 11) is 1.60. The number of anilines is 1. The first-order valence-electron chi connectivity index (χ1n) is 13.5. The van der Waals surface area contributed by atoms with Crippen LogP contribution in [0.4, 0.5) is 5.69 Å². The van der Waals surface area contributed by atoms with Crippen molar-refractivity contribution in [2.24, 2.45) is 11.8 Å². The number of allylic oxidation sites excluding steroid dienone is 1. The van der Waals surface area contributed by atoms with Crippen LogP contribution >= 0.6 is 11.8 Å². The highest BCUT2D eigenvalue weighted by Gasteiger charge is 2.73. The molecule has 1 spiro atoms. The second-order valence-corrected chi connectivity index (χ2v) is 12.4. The molecule has 2 saturated heterocycles. The van der Waals surface area contributed by atoms with E-state index in [4.69, 9.17) is 9.47 Å². The van der Waals surface area contributed by atoms with E-state index < -0.39 is 27.4 Å². The first kappa shape index (κ1) is 26.8. The van der Waals surface area contributed by atoms with Gasteiger partial charge in [-0.05, 0) is 63.3 Å². The second-order valence-electron chi connectivity index (χ2n) is 10.6. The van der Waals surface area contributed by atoms with Gasteiger partial charge in [0.05, 0.1) is 30.3 Å². The third-order valence-electron chi connectivity index (χ3n) is 8.19. The second kappa shape index (κ2) is 10.8. The minimum atomic E-state index is -0.911. The number of unbranched alkanes of at least 4 members (excludes halogenated alkanes) is 1. The van der Waals surface area contributed by atoms with Gasteiger partial charge >= 0.3 is 5.97 Å². The minimum Gasteiger partial charge on any atom is -0.497 e. The van der Waals surface area contributed by atoms with Gasteiger partial charge in [-0.15, -0.1) is 11.8 Å². The van der Waals surface area contributed by atoms with E-state index in [1.54, 1.807) is 28.7 Å². The Morgan fingerprint density at radius 2 is 1.84 bits per heavy atom. The Morgan fingerprint density at radius 3 is 2.58 bits per heavy atom. The van der Waals surface area contributed by atoms with Crippen molar-refractivity contribution in [1.82, 2.24) is 4.90 Å². The topological polar surface area (TPSA) is 96.4 Å². The van der Waals surface area contributed by atoms with E-state index in [9.17, 15) is 19.5 Å². The SMILES string of the molecule is COc1ccc(N2CC=C[C@]34S[C@@]5(C)/C=C\CCCCOC(=O)[C@H]5[C@H]3C(=O)N(CCCCO)C4C2=O)cc1. The van der Waals surface area contributed by atoms with Gasteiger partial charge in [0.1, 0.15) is 11.8 Å². The maximum atomic E-state index is 14.4. The number of rotatable bonds is 6. The summed E-state index contributed by atoms with van der Waals surface area (Å²) in [6.07, 6.45) is 11.8. The summed E-state index contributed by atoms with van der Waals surface area (Å²) in [5.41, 5.74) is 0.719. The lowest BCUT2D eigenvalue weighted by molar-refractivity contribution is -0.154. The third kappa shape index (κ3) is 4.43. The molecular weight excluding hydrogens is 504 g/mol. The van der Waals surface area contributed by atoms with E-state index in [0.717, 1.165) is 24.9 Å². The largest absolute Gasteiger partial charge is 0.497 e. The van der Waals surface area contributed by atoms with E-state index in [1.807, 2.05) is 43.3 Å². The number of fused-ring (bicyclic) bond motifs is 2. The van der Waals surface area contributed by atoms with E-state index in [2.05, 4.69) is 12.2 Å². The van der Waals surface area contributed by atoms with Gasteiger partial charge in [0.15, 0.2) is 0 Å². The summed E-state index contributed by atoms with van der Waals surface area (Å²) < 4.78 is 9.40. The number of cyclic esters (lactones) is 1. The predicted molar refractivity (Wildman–Crippen MR) is 146 cm³/mol. The lowest BCUT2D eigenvalue weighted by Gasteiger charge is -2.37. The molecule has 0 aliphatic carbocycles. The molecule has 0 saturated carbocycles. The number of hydrogen-bond acceptors (Lipinski definition) is 7. The zero-order valence-electron chi connectivity index (χ0n) is 22.0. The lowest BCUT2D eigenvalue weighted by Crippen LogP contribution is -2.53. The fourth-order valence-electron chi connectivity index (χ4n) is 6.43. The highest BCUT2D eigenvalue weighted by Crippen LogP contribution is 2.65. The number of carbonyl (C=O) groups excluding carboxylic acids is 3. The van der Waals surface area contributed by atoms with Gasteiger partial charge in [0.2, 0.25) is 5.91 Å². The summed E-state index contributed by atoms with van der Waals surface area (Å²) in [4.78, 5) is 45.6. The number of esters is 1. The molecule has 0 bridgehead atoms. The molecule has 4 aliphatic heterocycles. The Labute approximate surface area is 228 Å². The van der Waals surface area contributed by atoms with Crippen LogP contribution in [0.25, 0.3) is 0 Å². The molecular formula is C29H36N2O6S. The van der Waals surface area contributed by atoms with Crippen molar-refractivity contribution in [1.29, 1.82) is 0 Å². The van der Waals surface area contributed by atoms with Gasteiger partial charge in [0.25, 0.3) is 5.91 Å². The number of amides is 2. The molecule has 8 nitrogen and oxygen atoms in total. The maximum absolute atomic E-state index is 14.4. The number of hydrogen-bond donors (Lipinski definition) is 1. The zero-order valence-corrected chi connectivity index (χ0v) is 22.8. The number of carbonyl (C=O) groups is 3. The van der Waals surface area contributed by atoms with Gasteiger partial charge in [-0.2, -0.15) is 0 Å². The Hall–Kier alpha value is -2.78. The molecule has 0 radical (unpaired) electrons. The molecule has 1 aromatic rings. The van der Waals surface area contributed by atoms with Gasteiger partial charge in [-0.25, -0.2) is 0 Å². The molecule has 0 aromatic heterocycles. The van der Waals surface area contributed by atoms with Crippen LogP contribution < -0.4 is 9.64 Å². The molecule has 4 aliphatic rings. The van der Waals surface area contributed by atoms with Gasteiger partial charge in [-0.3, -0.25) is 14.4 Å². The molecule has 4 heterocycles. The number of methoxy groups -OCH3 is 1. The molecule has 204 valence electrons. The van der Waals surface area contributed by atoms with E-state index in [0.29, 0.717) is 38.3 Å².